The molecule has 5 heteroatoms. The number of carboxylic acids is 1. The van der Waals surface area contributed by atoms with Crippen molar-refractivity contribution in [3.8, 4) is 0 Å². The predicted octanol–water partition coefficient (Wildman–Crippen LogP) is 1.58. The van der Waals surface area contributed by atoms with Gasteiger partial charge in [-0.15, -0.1) is 0 Å². The molecule has 1 aliphatic rings. The van der Waals surface area contributed by atoms with Crippen LogP contribution in [0.4, 0.5) is 4.79 Å². The topological polar surface area (TPSA) is 78.4 Å². The van der Waals surface area contributed by atoms with E-state index in [1.807, 2.05) is 20.8 Å². The summed E-state index contributed by atoms with van der Waals surface area (Å²) in [6, 6.07) is -0.495. The molecular formula is C12H22N2O3. The van der Waals surface area contributed by atoms with Crippen LogP contribution < -0.4 is 10.6 Å². The predicted molar refractivity (Wildman–Crippen MR) is 64.8 cm³/mol. The van der Waals surface area contributed by atoms with Crippen LogP contribution in [0.2, 0.25) is 0 Å². The van der Waals surface area contributed by atoms with Crippen molar-refractivity contribution in [1.29, 1.82) is 0 Å². The van der Waals surface area contributed by atoms with Crippen molar-refractivity contribution in [2.45, 2.75) is 46.1 Å². The molecule has 0 aliphatic heterocycles. The van der Waals surface area contributed by atoms with Gasteiger partial charge in [0.2, 0.25) is 0 Å². The van der Waals surface area contributed by atoms with E-state index < -0.39 is 11.9 Å². The molecule has 0 bridgehead atoms. The Bertz CT molecular complexity index is 297. The second-order valence-corrected chi connectivity index (χ2v) is 5.87. The third-order valence-electron chi connectivity index (χ3n) is 2.93. The van der Waals surface area contributed by atoms with Gasteiger partial charge in [0.1, 0.15) is 0 Å². The van der Waals surface area contributed by atoms with Gasteiger partial charge in [-0.05, 0) is 18.3 Å². The molecule has 1 aliphatic carbocycles. The zero-order valence-electron chi connectivity index (χ0n) is 10.7. The molecule has 0 spiro atoms. The van der Waals surface area contributed by atoms with Gasteiger partial charge >= 0.3 is 12.0 Å². The van der Waals surface area contributed by atoms with Crippen molar-refractivity contribution >= 4 is 12.0 Å². The summed E-state index contributed by atoms with van der Waals surface area (Å²) < 4.78 is 0. The van der Waals surface area contributed by atoms with Crippen molar-refractivity contribution in [3.05, 3.63) is 0 Å². The highest BCUT2D eigenvalue weighted by Gasteiger charge is 2.33. The van der Waals surface area contributed by atoms with Crippen LogP contribution in [0.15, 0.2) is 0 Å². The fraction of sp³-hybridized carbons (Fsp3) is 0.833. The smallest absolute Gasteiger partial charge is 0.315 e. The zero-order chi connectivity index (χ0) is 13.1. The van der Waals surface area contributed by atoms with E-state index in [4.69, 9.17) is 5.11 Å². The number of aliphatic carboxylic acids is 1. The summed E-state index contributed by atoms with van der Waals surface area (Å²) in [7, 11) is 0. The highest BCUT2D eigenvalue weighted by molar-refractivity contribution is 5.77. The number of urea groups is 1. The molecule has 1 saturated carbocycles. The monoisotopic (exact) mass is 242 g/mol. The molecular weight excluding hydrogens is 220 g/mol. The van der Waals surface area contributed by atoms with Crippen LogP contribution in [0, 0.1) is 11.3 Å². The molecule has 2 amide bonds. The number of hydrogen-bond acceptors (Lipinski definition) is 2. The van der Waals surface area contributed by atoms with Crippen molar-refractivity contribution in [3.63, 3.8) is 0 Å². The number of carboxylic acid groups (broad SMARTS) is 1. The van der Waals surface area contributed by atoms with Crippen molar-refractivity contribution in [1.82, 2.24) is 10.6 Å². The summed E-state index contributed by atoms with van der Waals surface area (Å²) in [4.78, 5) is 22.5. The van der Waals surface area contributed by atoms with Crippen LogP contribution in [0.1, 0.15) is 40.0 Å². The minimum atomic E-state index is -0.816. The highest BCUT2D eigenvalue weighted by Crippen LogP contribution is 2.25. The Morgan fingerprint density at radius 3 is 2.47 bits per heavy atom. The Kier molecular flexibility index (Phi) is 4.37. The lowest BCUT2D eigenvalue weighted by molar-refractivity contribution is -0.142. The molecule has 0 radical (unpaired) electrons. The van der Waals surface area contributed by atoms with E-state index >= 15 is 0 Å². The van der Waals surface area contributed by atoms with E-state index in [-0.39, 0.29) is 17.5 Å². The van der Waals surface area contributed by atoms with E-state index in [9.17, 15) is 9.59 Å². The number of rotatable bonds is 3. The second-order valence-electron chi connectivity index (χ2n) is 5.87. The van der Waals surface area contributed by atoms with Crippen LogP contribution in [0.25, 0.3) is 0 Å². The van der Waals surface area contributed by atoms with Gasteiger partial charge in [0, 0.05) is 12.6 Å². The maximum absolute atomic E-state index is 11.6. The minimum absolute atomic E-state index is 0.0270. The van der Waals surface area contributed by atoms with Gasteiger partial charge in [-0.2, -0.15) is 0 Å². The van der Waals surface area contributed by atoms with Crippen LogP contribution in [-0.4, -0.2) is 29.7 Å². The summed E-state index contributed by atoms with van der Waals surface area (Å²) in [5, 5.41) is 14.5. The first-order valence-electron chi connectivity index (χ1n) is 6.07. The Balaban J connectivity index is 2.38. The summed E-state index contributed by atoms with van der Waals surface area (Å²) in [6.07, 6.45) is 2.26. The number of carbonyl (C=O) groups excluding carboxylic acids is 1. The number of hydrogen-bond donors (Lipinski definition) is 3. The third-order valence-corrected chi connectivity index (χ3v) is 2.93. The van der Waals surface area contributed by atoms with Gasteiger partial charge in [0.15, 0.2) is 0 Å². The molecule has 0 saturated heterocycles. The van der Waals surface area contributed by atoms with Crippen molar-refractivity contribution in [2.24, 2.45) is 11.3 Å². The standard InChI is InChI=1S/C12H22N2O3/c1-12(2,3)7-13-11(17)14-9-6-4-5-8(9)10(15)16/h8-9H,4-7H2,1-3H3,(H,15,16)(H2,13,14,17). The Morgan fingerprint density at radius 2 is 1.94 bits per heavy atom. The maximum atomic E-state index is 11.6. The molecule has 17 heavy (non-hydrogen) atoms. The molecule has 0 aromatic carbocycles. The summed E-state index contributed by atoms with van der Waals surface area (Å²) in [5.41, 5.74) is 0.0270. The first-order chi connectivity index (χ1) is 7.79. The van der Waals surface area contributed by atoms with Crippen LogP contribution in [0.3, 0.4) is 0 Å². The average Bonchev–Trinajstić information content (AvgIpc) is 2.62. The number of carbonyl (C=O) groups is 2. The highest BCUT2D eigenvalue weighted by atomic mass is 16.4. The summed E-state index contributed by atoms with van der Waals surface area (Å²) in [5.74, 6) is -1.25. The first-order valence-corrected chi connectivity index (χ1v) is 6.07. The molecule has 0 heterocycles. The first kappa shape index (κ1) is 13.8. The fourth-order valence-corrected chi connectivity index (χ4v) is 1.99. The van der Waals surface area contributed by atoms with E-state index in [2.05, 4.69) is 10.6 Å². The molecule has 3 N–H and O–H groups in total. The largest absolute Gasteiger partial charge is 0.481 e. The Hall–Kier alpha value is -1.26. The van der Waals surface area contributed by atoms with Crippen molar-refractivity contribution < 1.29 is 14.7 Å². The Labute approximate surface area is 102 Å². The van der Waals surface area contributed by atoms with Crippen LogP contribution in [0.5, 0.6) is 0 Å². The summed E-state index contributed by atoms with van der Waals surface area (Å²) >= 11 is 0. The zero-order valence-corrected chi connectivity index (χ0v) is 10.7. The van der Waals surface area contributed by atoms with Gasteiger partial charge in [-0.1, -0.05) is 27.2 Å². The molecule has 1 rings (SSSR count). The number of nitrogens with one attached hydrogen (secondary N) is 2. The van der Waals surface area contributed by atoms with E-state index in [1.165, 1.54) is 0 Å². The summed E-state index contributed by atoms with van der Waals surface area (Å²) in [6.45, 7) is 6.66. The van der Waals surface area contributed by atoms with Crippen molar-refractivity contribution in [2.75, 3.05) is 6.54 Å². The van der Waals surface area contributed by atoms with Crippen LogP contribution >= 0.6 is 0 Å². The SMILES string of the molecule is CC(C)(C)CNC(=O)NC1CCCC1C(=O)O. The number of amides is 2. The van der Waals surface area contributed by atoms with Gasteiger partial charge in [-0.25, -0.2) is 4.79 Å². The van der Waals surface area contributed by atoms with Gasteiger partial charge in [0.25, 0.3) is 0 Å². The molecule has 2 unspecified atom stereocenters. The van der Waals surface area contributed by atoms with Crippen LogP contribution in [-0.2, 0) is 4.79 Å². The van der Waals surface area contributed by atoms with E-state index in [0.29, 0.717) is 13.0 Å². The minimum Gasteiger partial charge on any atom is -0.481 e. The fourth-order valence-electron chi connectivity index (χ4n) is 1.99. The molecule has 2 atom stereocenters. The second kappa shape index (κ2) is 5.38. The normalized spacial score (nSPS) is 24.4. The third kappa shape index (κ3) is 4.63. The molecule has 1 fully saturated rings. The molecule has 98 valence electrons. The lowest BCUT2D eigenvalue weighted by Gasteiger charge is -2.22. The lowest BCUT2D eigenvalue weighted by Crippen LogP contribution is -2.47. The Morgan fingerprint density at radius 1 is 1.29 bits per heavy atom. The van der Waals surface area contributed by atoms with E-state index in [1.54, 1.807) is 0 Å². The average molecular weight is 242 g/mol. The van der Waals surface area contributed by atoms with E-state index in [0.717, 1.165) is 12.8 Å². The lowest BCUT2D eigenvalue weighted by atomic mass is 9.97. The van der Waals surface area contributed by atoms with Gasteiger partial charge < -0.3 is 15.7 Å². The maximum Gasteiger partial charge on any atom is 0.315 e. The quantitative estimate of drug-likeness (QED) is 0.703. The molecule has 0 aromatic heterocycles. The van der Waals surface area contributed by atoms with Gasteiger partial charge in [-0.3, -0.25) is 4.79 Å². The molecule has 5 nitrogen and oxygen atoms in total. The van der Waals surface area contributed by atoms with Gasteiger partial charge in [0.05, 0.1) is 5.92 Å². The molecule has 0 aromatic rings.